The first-order valence-electron chi connectivity index (χ1n) is 10.3. The summed E-state index contributed by atoms with van der Waals surface area (Å²) in [5, 5.41) is 4.52. The Kier molecular flexibility index (Phi) is 5.00. The predicted molar refractivity (Wildman–Crippen MR) is 117 cm³/mol. The van der Waals surface area contributed by atoms with E-state index in [2.05, 4.69) is 5.10 Å². The maximum Gasteiger partial charge on any atom is 0.259 e. The van der Waals surface area contributed by atoms with Crippen LogP contribution in [-0.2, 0) is 0 Å². The summed E-state index contributed by atoms with van der Waals surface area (Å²) in [7, 11) is 0. The first-order valence-corrected chi connectivity index (χ1v) is 10.3. The Hall–Kier alpha value is -3.87. The summed E-state index contributed by atoms with van der Waals surface area (Å²) in [5.74, 6) is 0.401. The Balaban J connectivity index is 1.42. The van der Waals surface area contributed by atoms with E-state index in [1.807, 2.05) is 75.3 Å². The molecule has 0 aliphatic carbocycles. The summed E-state index contributed by atoms with van der Waals surface area (Å²) in [6.45, 7) is 2.21. The van der Waals surface area contributed by atoms with Gasteiger partial charge in [-0.1, -0.05) is 30.3 Å². The lowest BCUT2D eigenvalue weighted by Crippen LogP contribution is -2.49. The van der Waals surface area contributed by atoms with Gasteiger partial charge in [-0.25, -0.2) is 9.07 Å². The highest BCUT2D eigenvalue weighted by atomic mass is 19.1. The van der Waals surface area contributed by atoms with Crippen molar-refractivity contribution in [2.45, 2.75) is 0 Å². The van der Waals surface area contributed by atoms with E-state index in [0.29, 0.717) is 43.2 Å². The Labute approximate surface area is 179 Å². The van der Waals surface area contributed by atoms with Crippen LogP contribution in [0.5, 0.6) is 0 Å². The number of amides is 1. The predicted octanol–water partition coefficient (Wildman–Crippen LogP) is 3.76. The molecule has 0 N–H and O–H groups in total. The minimum absolute atomic E-state index is 0.0703. The number of nitrogens with zero attached hydrogens (tertiary/aromatic N) is 5. The molecule has 0 spiro atoms. The molecule has 5 rings (SSSR count). The SMILES string of the molecule is O=C(c1cnn(-c2ccccc2)c1-n1cccc1)N1CCN(c2ccccc2F)CC1. The van der Waals surface area contributed by atoms with Gasteiger partial charge in [0, 0.05) is 38.6 Å². The highest BCUT2D eigenvalue weighted by Crippen LogP contribution is 2.24. The average molecular weight is 415 g/mol. The van der Waals surface area contributed by atoms with E-state index < -0.39 is 0 Å². The standard InChI is InChI=1S/C24H22FN5O/c25-21-10-4-5-11-22(21)27-14-16-29(17-15-27)24(31)20-18-26-30(19-8-2-1-3-9-19)23(20)28-12-6-7-13-28/h1-13,18H,14-17H2. The van der Waals surface area contributed by atoms with Crippen molar-refractivity contribution in [3.8, 4) is 11.5 Å². The molecule has 0 bridgehead atoms. The van der Waals surface area contributed by atoms with Gasteiger partial charge >= 0.3 is 0 Å². The van der Waals surface area contributed by atoms with Crippen LogP contribution >= 0.6 is 0 Å². The lowest BCUT2D eigenvalue weighted by Gasteiger charge is -2.36. The first kappa shape index (κ1) is 19.1. The molecule has 2 aromatic carbocycles. The van der Waals surface area contributed by atoms with Crippen LogP contribution in [0.3, 0.4) is 0 Å². The molecule has 1 aliphatic rings. The summed E-state index contributed by atoms with van der Waals surface area (Å²) in [6, 6.07) is 20.4. The van der Waals surface area contributed by atoms with Crippen molar-refractivity contribution in [1.29, 1.82) is 0 Å². The van der Waals surface area contributed by atoms with Gasteiger partial charge in [0.05, 0.1) is 17.6 Å². The second-order valence-electron chi connectivity index (χ2n) is 7.45. The van der Waals surface area contributed by atoms with Crippen molar-refractivity contribution in [3.05, 3.63) is 96.7 Å². The molecule has 2 aromatic heterocycles. The molecule has 1 saturated heterocycles. The van der Waals surface area contributed by atoms with Gasteiger partial charge in [-0.2, -0.15) is 5.10 Å². The topological polar surface area (TPSA) is 46.3 Å². The second kappa shape index (κ2) is 8.10. The van der Waals surface area contributed by atoms with Crippen LogP contribution in [0.4, 0.5) is 10.1 Å². The molecule has 1 fully saturated rings. The van der Waals surface area contributed by atoms with Crippen molar-refractivity contribution < 1.29 is 9.18 Å². The number of carbonyl (C=O) groups excluding carboxylic acids is 1. The Morgan fingerprint density at radius 2 is 1.52 bits per heavy atom. The Bertz CT molecular complexity index is 1180. The van der Waals surface area contributed by atoms with E-state index in [9.17, 15) is 9.18 Å². The highest BCUT2D eigenvalue weighted by Gasteiger charge is 2.28. The quantitative estimate of drug-likeness (QED) is 0.510. The third-order valence-electron chi connectivity index (χ3n) is 5.58. The number of aromatic nitrogens is 3. The largest absolute Gasteiger partial charge is 0.366 e. The van der Waals surface area contributed by atoms with Gasteiger partial charge in [-0.05, 0) is 36.4 Å². The van der Waals surface area contributed by atoms with E-state index in [-0.39, 0.29) is 11.7 Å². The third-order valence-corrected chi connectivity index (χ3v) is 5.58. The summed E-state index contributed by atoms with van der Waals surface area (Å²) >= 11 is 0. The first-order chi connectivity index (χ1) is 15.2. The van der Waals surface area contributed by atoms with Gasteiger partial charge in [0.2, 0.25) is 0 Å². The van der Waals surface area contributed by atoms with Crippen LogP contribution in [0, 0.1) is 5.82 Å². The van der Waals surface area contributed by atoms with E-state index in [0.717, 1.165) is 5.69 Å². The summed E-state index contributed by atoms with van der Waals surface area (Å²) in [4.78, 5) is 17.2. The number of anilines is 1. The monoisotopic (exact) mass is 415 g/mol. The van der Waals surface area contributed by atoms with Crippen molar-refractivity contribution in [3.63, 3.8) is 0 Å². The van der Waals surface area contributed by atoms with Crippen LogP contribution in [-0.4, -0.2) is 51.3 Å². The molecule has 0 unspecified atom stereocenters. The molecular weight excluding hydrogens is 393 g/mol. The second-order valence-corrected chi connectivity index (χ2v) is 7.45. The molecule has 0 radical (unpaired) electrons. The fourth-order valence-electron chi connectivity index (χ4n) is 4.00. The zero-order valence-electron chi connectivity index (χ0n) is 16.9. The molecule has 7 heteroatoms. The van der Waals surface area contributed by atoms with Gasteiger partial charge in [-0.15, -0.1) is 0 Å². The normalized spacial score (nSPS) is 14.1. The molecule has 31 heavy (non-hydrogen) atoms. The maximum absolute atomic E-state index is 14.1. The molecular formula is C24H22FN5O. The number of hydrogen-bond acceptors (Lipinski definition) is 3. The maximum atomic E-state index is 14.1. The van der Waals surface area contributed by atoms with Crippen molar-refractivity contribution in [2.75, 3.05) is 31.1 Å². The Morgan fingerprint density at radius 3 is 2.23 bits per heavy atom. The van der Waals surface area contributed by atoms with Gasteiger partial charge in [0.25, 0.3) is 5.91 Å². The number of piperazine rings is 1. The molecule has 0 saturated carbocycles. The molecule has 1 aliphatic heterocycles. The number of halogens is 1. The fourth-order valence-corrected chi connectivity index (χ4v) is 4.00. The van der Waals surface area contributed by atoms with Gasteiger partial charge in [-0.3, -0.25) is 4.79 Å². The molecule has 1 amide bonds. The zero-order valence-corrected chi connectivity index (χ0v) is 16.9. The number of rotatable bonds is 4. The smallest absolute Gasteiger partial charge is 0.259 e. The molecule has 6 nitrogen and oxygen atoms in total. The number of benzene rings is 2. The summed E-state index contributed by atoms with van der Waals surface area (Å²) in [6.07, 6.45) is 5.45. The lowest BCUT2D eigenvalue weighted by molar-refractivity contribution is 0.0746. The number of hydrogen-bond donors (Lipinski definition) is 0. The van der Waals surface area contributed by atoms with Gasteiger partial charge in [0.1, 0.15) is 11.4 Å². The van der Waals surface area contributed by atoms with Crippen LogP contribution < -0.4 is 4.90 Å². The van der Waals surface area contributed by atoms with Crippen LogP contribution in [0.25, 0.3) is 11.5 Å². The van der Waals surface area contributed by atoms with Crippen LogP contribution in [0.15, 0.2) is 85.3 Å². The molecule has 0 atom stereocenters. The highest BCUT2D eigenvalue weighted by molar-refractivity contribution is 5.97. The summed E-state index contributed by atoms with van der Waals surface area (Å²) in [5.41, 5.74) is 2.01. The van der Waals surface area contributed by atoms with Crippen LogP contribution in [0.1, 0.15) is 10.4 Å². The van der Waals surface area contributed by atoms with Crippen LogP contribution in [0.2, 0.25) is 0 Å². The van der Waals surface area contributed by atoms with E-state index in [4.69, 9.17) is 0 Å². The average Bonchev–Trinajstić information content (AvgIpc) is 3.49. The van der Waals surface area contributed by atoms with Gasteiger partial charge < -0.3 is 14.4 Å². The van der Waals surface area contributed by atoms with Crippen molar-refractivity contribution in [1.82, 2.24) is 19.2 Å². The van der Waals surface area contributed by atoms with Gasteiger partial charge in [0.15, 0.2) is 5.82 Å². The van der Waals surface area contributed by atoms with E-state index in [1.165, 1.54) is 6.07 Å². The zero-order chi connectivity index (χ0) is 21.2. The third kappa shape index (κ3) is 3.59. The van der Waals surface area contributed by atoms with Crippen molar-refractivity contribution in [2.24, 2.45) is 0 Å². The molecule has 4 aromatic rings. The van der Waals surface area contributed by atoms with Crippen molar-refractivity contribution >= 4 is 11.6 Å². The van der Waals surface area contributed by atoms with E-state index >= 15 is 0 Å². The number of carbonyl (C=O) groups is 1. The minimum Gasteiger partial charge on any atom is -0.366 e. The fraction of sp³-hybridized carbons (Fsp3) is 0.167. The number of para-hydroxylation sites is 2. The lowest BCUT2D eigenvalue weighted by atomic mass is 10.2. The summed E-state index contributed by atoms with van der Waals surface area (Å²) < 4.78 is 17.8. The molecule has 3 heterocycles. The Morgan fingerprint density at radius 1 is 0.839 bits per heavy atom. The van der Waals surface area contributed by atoms with E-state index in [1.54, 1.807) is 23.0 Å². The minimum atomic E-state index is -0.235. The molecule has 156 valence electrons.